The van der Waals surface area contributed by atoms with Gasteiger partial charge in [-0.25, -0.2) is 0 Å². The van der Waals surface area contributed by atoms with Gasteiger partial charge in [-0.3, -0.25) is 9.59 Å². The first-order valence-corrected chi connectivity index (χ1v) is 10.0. The normalized spacial score (nSPS) is 18.0. The molecule has 2 aromatic carbocycles. The van der Waals surface area contributed by atoms with E-state index in [2.05, 4.69) is 20.8 Å². The summed E-state index contributed by atoms with van der Waals surface area (Å²) >= 11 is 1.19. The summed E-state index contributed by atoms with van der Waals surface area (Å²) in [4.78, 5) is 26.5. The Bertz CT molecular complexity index is 937. The van der Waals surface area contributed by atoms with Gasteiger partial charge in [0.05, 0.1) is 6.21 Å². The van der Waals surface area contributed by atoms with Crippen molar-refractivity contribution < 1.29 is 9.59 Å². The van der Waals surface area contributed by atoms with Gasteiger partial charge >= 0.3 is 0 Å². The number of carbonyl (C=O) groups excluding carboxylic acids is 2. The molecule has 0 unspecified atom stereocenters. The van der Waals surface area contributed by atoms with Crippen LogP contribution >= 0.6 is 11.8 Å². The number of amides is 2. The molecule has 0 radical (unpaired) electrons. The maximum Gasteiger partial charge on any atom is 0.238 e. The molecule has 0 bridgehead atoms. The highest BCUT2D eigenvalue weighted by molar-refractivity contribution is 8.15. The molecular formula is C21H23N5O2S. The van der Waals surface area contributed by atoms with Crippen molar-refractivity contribution in [3.05, 3.63) is 59.7 Å². The first kappa shape index (κ1) is 20.6. The number of carbonyl (C=O) groups is 2. The van der Waals surface area contributed by atoms with E-state index in [1.54, 1.807) is 6.21 Å². The zero-order chi connectivity index (χ0) is 20.8. The predicted molar refractivity (Wildman–Crippen MR) is 120 cm³/mol. The largest absolute Gasteiger partial charge is 0.378 e. The zero-order valence-electron chi connectivity index (χ0n) is 16.5. The average molecular weight is 410 g/mol. The minimum absolute atomic E-state index is 0.0943. The quantitative estimate of drug-likeness (QED) is 0.587. The van der Waals surface area contributed by atoms with Crippen molar-refractivity contribution in [1.82, 2.24) is 5.32 Å². The van der Waals surface area contributed by atoms with Gasteiger partial charge in [0, 0.05) is 31.9 Å². The van der Waals surface area contributed by atoms with Crippen molar-refractivity contribution in [2.45, 2.75) is 18.6 Å². The van der Waals surface area contributed by atoms with Crippen molar-refractivity contribution in [3.8, 4) is 0 Å². The second-order valence-corrected chi connectivity index (χ2v) is 8.04. The van der Waals surface area contributed by atoms with Crippen LogP contribution in [0.2, 0.25) is 0 Å². The van der Waals surface area contributed by atoms with Crippen LogP contribution in [0.3, 0.4) is 0 Å². The molecule has 29 heavy (non-hydrogen) atoms. The molecule has 8 heteroatoms. The molecule has 1 atom stereocenters. The second-order valence-electron chi connectivity index (χ2n) is 6.85. The first-order chi connectivity index (χ1) is 13.9. The summed E-state index contributed by atoms with van der Waals surface area (Å²) in [6.07, 6.45) is 1.70. The van der Waals surface area contributed by atoms with Gasteiger partial charge in [-0.05, 0) is 36.8 Å². The van der Waals surface area contributed by atoms with Crippen LogP contribution in [0.4, 0.5) is 11.4 Å². The predicted octanol–water partition coefficient (Wildman–Crippen LogP) is 3.01. The van der Waals surface area contributed by atoms with E-state index in [1.165, 1.54) is 11.8 Å². The van der Waals surface area contributed by atoms with Gasteiger partial charge in [-0.15, -0.1) is 5.10 Å². The smallest absolute Gasteiger partial charge is 0.238 e. The molecule has 1 aliphatic heterocycles. The number of nitrogens with zero attached hydrogens (tertiary/aromatic N) is 3. The summed E-state index contributed by atoms with van der Waals surface area (Å²) in [5.74, 6) is -0.484. The minimum atomic E-state index is -0.557. The van der Waals surface area contributed by atoms with E-state index < -0.39 is 5.25 Å². The molecular weight excluding hydrogens is 386 g/mol. The van der Waals surface area contributed by atoms with E-state index in [4.69, 9.17) is 0 Å². The summed E-state index contributed by atoms with van der Waals surface area (Å²) in [7, 11) is 3.95. The number of hydrogen-bond acceptors (Lipinski definition) is 6. The average Bonchev–Trinajstić information content (AvgIpc) is 2.69. The Morgan fingerprint density at radius 1 is 1.17 bits per heavy atom. The third kappa shape index (κ3) is 5.92. The second kappa shape index (κ2) is 9.38. The standard InChI is InChI=1S/C21H23N5O2S/c1-14-4-8-16(9-5-14)23-20(28)18-12-19(27)24-21(29-18)25-22-13-15-6-10-17(11-7-15)26(2)3/h4-11,13,18H,12H2,1-3H3,(H,23,28)(H,24,25,27)/b22-13-/t18-/m0/s1. The van der Waals surface area contributed by atoms with Crippen LogP contribution in [0.5, 0.6) is 0 Å². The maximum atomic E-state index is 12.5. The lowest BCUT2D eigenvalue weighted by Crippen LogP contribution is -2.41. The van der Waals surface area contributed by atoms with Crippen LogP contribution in [0.1, 0.15) is 17.5 Å². The van der Waals surface area contributed by atoms with Crippen molar-refractivity contribution in [3.63, 3.8) is 0 Å². The number of rotatable bonds is 5. The lowest BCUT2D eigenvalue weighted by atomic mass is 10.2. The van der Waals surface area contributed by atoms with Crippen LogP contribution in [-0.2, 0) is 9.59 Å². The topological polar surface area (TPSA) is 86.2 Å². The van der Waals surface area contributed by atoms with Gasteiger partial charge in [-0.1, -0.05) is 41.6 Å². The molecule has 0 saturated carbocycles. The number of nitrogens with one attached hydrogen (secondary N) is 2. The van der Waals surface area contributed by atoms with E-state index in [9.17, 15) is 9.59 Å². The van der Waals surface area contributed by atoms with Crippen LogP contribution in [0.25, 0.3) is 0 Å². The van der Waals surface area contributed by atoms with E-state index in [0.29, 0.717) is 10.9 Å². The van der Waals surface area contributed by atoms with Crippen LogP contribution in [0.15, 0.2) is 58.7 Å². The van der Waals surface area contributed by atoms with E-state index >= 15 is 0 Å². The summed E-state index contributed by atoms with van der Waals surface area (Å²) < 4.78 is 0. The van der Waals surface area contributed by atoms with Crippen LogP contribution in [0, 0.1) is 6.92 Å². The number of aryl methyl sites for hydroxylation is 1. The maximum absolute atomic E-state index is 12.5. The molecule has 1 aliphatic rings. The van der Waals surface area contributed by atoms with Gasteiger partial charge in [0.15, 0.2) is 5.17 Å². The molecule has 2 amide bonds. The SMILES string of the molecule is Cc1ccc(NC(=O)[C@@H]2CC(=O)N/C(=N\N=C/c3ccc(N(C)C)cc3)S2)cc1. The molecule has 0 aliphatic carbocycles. The fourth-order valence-corrected chi connectivity index (χ4v) is 3.54. The van der Waals surface area contributed by atoms with E-state index in [1.807, 2.05) is 74.4 Å². The van der Waals surface area contributed by atoms with Gasteiger partial charge in [0.2, 0.25) is 11.8 Å². The fraction of sp³-hybridized carbons (Fsp3) is 0.238. The zero-order valence-corrected chi connectivity index (χ0v) is 17.4. The van der Waals surface area contributed by atoms with Gasteiger partial charge in [-0.2, -0.15) is 5.10 Å². The Labute approximate surface area is 174 Å². The number of hydrogen-bond donors (Lipinski definition) is 2. The monoisotopic (exact) mass is 409 g/mol. The van der Waals surface area contributed by atoms with Crippen LogP contribution < -0.4 is 15.5 Å². The summed E-state index contributed by atoms with van der Waals surface area (Å²) in [5.41, 5.74) is 3.79. The highest BCUT2D eigenvalue weighted by Gasteiger charge is 2.30. The molecule has 7 nitrogen and oxygen atoms in total. The van der Waals surface area contributed by atoms with Crippen molar-refractivity contribution in [1.29, 1.82) is 0 Å². The minimum Gasteiger partial charge on any atom is -0.378 e. The molecule has 2 N–H and O–H groups in total. The van der Waals surface area contributed by atoms with Gasteiger partial charge < -0.3 is 15.5 Å². The molecule has 1 fully saturated rings. The van der Waals surface area contributed by atoms with Crippen molar-refractivity contribution in [2.24, 2.45) is 10.2 Å². The third-order valence-electron chi connectivity index (χ3n) is 4.25. The summed E-state index contributed by atoms with van der Waals surface area (Å²) in [6, 6.07) is 15.3. The number of benzene rings is 2. The Morgan fingerprint density at radius 2 is 1.86 bits per heavy atom. The highest BCUT2D eigenvalue weighted by atomic mass is 32.2. The summed E-state index contributed by atoms with van der Waals surface area (Å²) in [6.45, 7) is 1.98. The summed E-state index contributed by atoms with van der Waals surface area (Å²) in [5, 5.41) is 13.4. The Kier molecular flexibility index (Phi) is 6.66. The Balaban J connectivity index is 1.63. The fourth-order valence-electron chi connectivity index (χ4n) is 2.61. The van der Waals surface area contributed by atoms with Gasteiger partial charge in [0.1, 0.15) is 5.25 Å². The molecule has 0 spiro atoms. The Hall–Kier alpha value is -3.13. The lowest BCUT2D eigenvalue weighted by molar-refractivity contribution is -0.123. The van der Waals surface area contributed by atoms with Crippen molar-refractivity contribution in [2.75, 3.05) is 24.3 Å². The molecule has 3 rings (SSSR count). The lowest BCUT2D eigenvalue weighted by Gasteiger charge is -2.21. The number of thioether (sulfide) groups is 1. The molecule has 2 aromatic rings. The van der Waals surface area contributed by atoms with Gasteiger partial charge in [0.25, 0.3) is 0 Å². The van der Waals surface area contributed by atoms with E-state index in [0.717, 1.165) is 16.8 Å². The van der Waals surface area contributed by atoms with Crippen LogP contribution in [-0.4, -0.2) is 42.5 Å². The molecule has 150 valence electrons. The number of anilines is 2. The molecule has 1 heterocycles. The molecule has 1 saturated heterocycles. The van der Waals surface area contributed by atoms with Crippen molar-refractivity contribution >= 4 is 46.3 Å². The van der Waals surface area contributed by atoms with E-state index in [-0.39, 0.29) is 18.2 Å². The third-order valence-corrected chi connectivity index (χ3v) is 5.32. The first-order valence-electron chi connectivity index (χ1n) is 9.13. The number of amidine groups is 1. The highest BCUT2D eigenvalue weighted by Crippen LogP contribution is 2.22. The Morgan fingerprint density at radius 3 is 2.52 bits per heavy atom. The molecule has 0 aromatic heterocycles.